The molecule has 1 fully saturated rings. The average Bonchev–Trinajstić information content (AvgIpc) is 2.72. The Hall–Kier alpha value is -2.71. The number of hydrogen-bond donors (Lipinski definition) is 1. The van der Waals surface area contributed by atoms with E-state index in [2.05, 4.69) is 35.1 Å². The zero-order valence-corrected chi connectivity index (χ0v) is 15.9. The molecule has 2 heterocycles. The molecule has 0 saturated carbocycles. The number of nitriles is 1. The fourth-order valence-electron chi connectivity index (χ4n) is 4.01. The van der Waals surface area contributed by atoms with Gasteiger partial charge in [0.15, 0.2) is 5.82 Å². The molecular weight excluding hydrogens is 334 g/mol. The Morgan fingerprint density at radius 3 is 2.63 bits per heavy atom. The first-order valence-corrected chi connectivity index (χ1v) is 9.87. The lowest BCUT2D eigenvalue weighted by molar-refractivity contribution is -0.883. The van der Waals surface area contributed by atoms with Gasteiger partial charge in [0.2, 0.25) is 0 Å². The maximum atomic E-state index is 9.95. The van der Waals surface area contributed by atoms with Gasteiger partial charge in [-0.2, -0.15) is 5.26 Å². The molecular formula is C22H26N5+. The highest BCUT2D eigenvalue weighted by molar-refractivity contribution is 5.80. The minimum Gasteiger partial charge on any atom is -0.351 e. The summed E-state index contributed by atoms with van der Waals surface area (Å²) in [5.74, 6) is 0.572. The van der Waals surface area contributed by atoms with Crippen LogP contribution in [-0.4, -0.2) is 49.4 Å². The molecule has 4 rings (SSSR count). The van der Waals surface area contributed by atoms with Gasteiger partial charge in [0.25, 0.3) is 0 Å². The molecule has 0 unspecified atom stereocenters. The number of benzene rings is 1. The van der Waals surface area contributed by atoms with E-state index >= 15 is 0 Å². The van der Waals surface area contributed by atoms with Gasteiger partial charge in [0, 0.05) is 11.3 Å². The van der Waals surface area contributed by atoms with Crippen LogP contribution in [0.2, 0.25) is 0 Å². The lowest BCUT2D eigenvalue weighted by Crippen LogP contribution is -3.11. The number of aryl methyl sites for hydroxylation is 1. The number of hydrogen-bond acceptors (Lipinski definition) is 3. The fourth-order valence-corrected chi connectivity index (χ4v) is 4.01. The summed E-state index contributed by atoms with van der Waals surface area (Å²) in [6.07, 6.45) is 6.17. The Bertz CT molecular complexity index is 874. The highest BCUT2D eigenvalue weighted by Gasteiger charge is 2.23. The number of fused-ring (bicyclic) bond motifs is 1. The van der Waals surface area contributed by atoms with Gasteiger partial charge in [0.1, 0.15) is 11.6 Å². The maximum absolute atomic E-state index is 9.95. The van der Waals surface area contributed by atoms with Crippen LogP contribution in [0, 0.1) is 11.3 Å². The van der Waals surface area contributed by atoms with E-state index in [0.717, 1.165) is 68.7 Å². The number of piperazine rings is 1. The third kappa shape index (κ3) is 3.72. The van der Waals surface area contributed by atoms with Crippen molar-refractivity contribution in [3.05, 3.63) is 47.2 Å². The molecule has 0 atom stereocenters. The molecule has 1 aromatic carbocycles. The van der Waals surface area contributed by atoms with Crippen LogP contribution in [0.1, 0.15) is 29.7 Å². The number of pyridine rings is 1. The molecule has 27 heavy (non-hydrogen) atoms. The van der Waals surface area contributed by atoms with Gasteiger partial charge in [0.05, 0.1) is 39.6 Å². The zero-order valence-electron chi connectivity index (χ0n) is 15.9. The lowest BCUT2D eigenvalue weighted by atomic mass is 9.86. The highest BCUT2D eigenvalue weighted by Crippen LogP contribution is 2.37. The van der Waals surface area contributed by atoms with Gasteiger partial charge in [-0.25, -0.2) is 9.98 Å². The van der Waals surface area contributed by atoms with Crippen molar-refractivity contribution in [1.29, 1.82) is 5.26 Å². The largest absolute Gasteiger partial charge is 0.351 e. The van der Waals surface area contributed by atoms with Crippen LogP contribution < -0.4 is 4.90 Å². The normalized spacial score (nSPS) is 17.7. The van der Waals surface area contributed by atoms with E-state index in [4.69, 9.17) is 4.98 Å². The highest BCUT2D eigenvalue weighted by atomic mass is 15.3. The third-order valence-electron chi connectivity index (χ3n) is 5.62. The average molecular weight is 360 g/mol. The van der Waals surface area contributed by atoms with Crippen molar-refractivity contribution in [2.24, 2.45) is 4.99 Å². The number of quaternary nitrogens is 1. The number of nitrogens with one attached hydrogen (secondary N) is 1. The molecule has 5 heteroatoms. The minimum atomic E-state index is 0.572. The van der Waals surface area contributed by atoms with Crippen LogP contribution in [-0.2, 0) is 12.8 Å². The summed E-state index contributed by atoms with van der Waals surface area (Å²) in [5.41, 5.74) is 5.10. The number of likely N-dealkylation sites (N-methyl/N-ethyl adjacent to an activating group) is 1. The Morgan fingerprint density at radius 1 is 1.15 bits per heavy atom. The van der Waals surface area contributed by atoms with Gasteiger partial charge < -0.3 is 9.80 Å². The van der Waals surface area contributed by atoms with E-state index in [-0.39, 0.29) is 0 Å². The van der Waals surface area contributed by atoms with Gasteiger partial charge in [-0.1, -0.05) is 30.3 Å². The summed E-state index contributed by atoms with van der Waals surface area (Å²) >= 11 is 0. The van der Waals surface area contributed by atoms with Crippen molar-refractivity contribution in [1.82, 2.24) is 9.88 Å². The van der Waals surface area contributed by atoms with Crippen LogP contribution in [0.3, 0.4) is 0 Å². The summed E-state index contributed by atoms with van der Waals surface area (Å²) in [6.45, 7) is 4.22. The molecule has 138 valence electrons. The summed E-state index contributed by atoms with van der Waals surface area (Å²) in [4.78, 5) is 13.3. The molecule has 0 bridgehead atoms. The first-order chi connectivity index (χ1) is 13.3. The third-order valence-corrected chi connectivity index (χ3v) is 5.62. The summed E-state index contributed by atoms with van der Waals surface area (Å²) in [5, 5.41) is 9.95. The Morgan fingerprint density at radius 2 is 1.89 bits per heavy atom. The summed E-state index contributed by atoms with van der Waals surface area (Å²) in [6, 6.07) is 12.6. The van der Waals surface area contributed by atoms with E-state index in [9.17, 15) is 5.26 Å². The standard InChI is InChI=1S/C22H25N5/c1-26-11-13-27(14-12-26)16-24-22-19(15-23)21(17-7-3-2-4-8-17)18-9-5-6-10-20(18)25-22/h2-4,7-8,16H,5-6,9-14H2,1H3/p+1. The van der Waals surface area contributed by atoms with Crippen molar-refractivity contribution in [2.75, 3.05) is 33.2 Å². The second kappa shape index (κ2) is 7.89. The first kappa shape index (κ1) is 17.7. The molecule has 2 aliphatic rings. The number of aromatic nitrogens is 1. The van der Waals surface area contributed by atoms with E-state index in [0.29, 0.717) is 11.4 Å². The molecule has 0 spiro atoms. The quantitative estimate of drug-likeness (QED) is 0.673. The number of aliphatic imine (C=N–C) groups is 1. The zero-order chi connectivity index (χ0) is 18.6. The molecule has 1 aliphatic carbocycles. The molecule has 5 nitrogen and oxygen atoms in total. The summed E-state index contributed by atoms with van der Waals surface area (Å²) < 4.78 is 0. The van der Waals surface area contributed by atoms with Gasteiger partial charge in [-0.05, 0) is 36.8 Å². The van der Waals surface area contributed by atoms with Crippen LogP contribution in [0.5, 0.6) is 0 Å². The molecule has 1 N–H and O–H groups in total. The van der Waals surface area contributed by atoms with Crippen LogP contribution in [0.4, 0.5) is 5.82 Å². The summed E-state index contributed by atoms with van der Waals surface area (Å²) in [7, 11) is 2.22. The van der Waals surface area contributed by atoms with Crippen LogP contribution >= 0.6 is 0 Å². The predicted molar refractivity (Wildman–Crippen MR) is 107 cm³/mol. The van der Waals surface area contributed by atoms with Crippen molar-refractivity contribution < 1.29 is 4.90 Å². The van der Waals surface area contributed by atoms with Crippen LogP contribution in [0.15, 0.2) is 35.3 Å². The Balaban J connectivity index is 1.77. The predicted octanol–water partition coefficient (Wildman–Crippen LogP) is 1.99. The monoisotopic (exact) mass is 360 g/mol. The van der Waals surface area contributed by atoms with Gasteiger partial charge in [-0.3, -0.25) is 0 Å². The van der Waals surface area contributed by atoms with E-state index in [1.54, 1.807) is 4.90 Å². The SMILES string of the molecule is C[NH+]1CCN(C=Nc2nc3c(c(-c4ccccc4)c2C#N)CCCC3)CC1. The Kier molecular flexibility index (Phi) is 5.17. The van der Waals surface area contributed by atoms with Crippen molar-refractivity contribution >= 4 is 12.2 Å². The molecule has 2 aromatic rings. The maximum Gasteiger partial charge on any atom is 0.172 e. The van der Waals surface area contributed by atoms with E-state index in [1.165, 1.54) is 5.56 Å². The lowest BCUT2D eigenvalue weighted by Gasteiger charge is -2.28. The number of nitrogens with zero attached hydrogens (tertiary/aromatic N) is 4. The smallest absolute Gasteiger partial charge is 0.172 e. The minimum absolute atomic E-state index is 0.572. The van der Waals surface area contributed by atoms with E-state index < -0.39 is 0 Å². The van der Waals surface area contributed by atoms with Gasteiger partial charge in [-0.15, -0.1) is 0 Å². The van der Waals surface area contributed by atoms with E-state index in [1.807, 2.05) is 24.5 Å². The second-order valence-electron chi connectivity index (χ2n) is 7.53. The van der Waals surface area contributed by atoms with Crippen molar-refractivity contribution in [3.8, 4) is 17.2 Å². The molecule has 1 aliphatic heterocycles. The van der Waals surface area contributed by atoms with Crippen molar-refractivity contribution in [3.63, 3.8) is 0 Å². The fraction of sp³-hybridized carbons (Fsp3) is 0.409. The van der Waals surface area contributed by atoms with Crippen LogP contribution in [0.25, 0.3) is 11.1 Å². The topological polar surface area (TPSA) is 56.7 Å². The Labute approximate surface area is 161 Å². The molecule has 0 amide bonds. The molecule has 0 radical (unpaired) electrons. The molecule has 1 saturated heterocycles. The molecule has 1 aromatic heterocycles. The second-order valence-corrected chi connectivity index (χ2v) is 7.53. The van der Waals surface area contributed by atoms with Crippen molar-refractivity contribution in [2.45, 2.75) is 25.7 Å². The number of rotatable bonds is 3. The van der Waals surface area contributed by atoms with Gasteiger partial charge >= 0.3 is 0 Å². The first-order valence-electron chi connectivity index (χ1n) is 9.87.